The van der Waals surface area contributed by atoms with Crippen LogP contribution in [-0.4, -0.2) is 61.1 Å². The van der Waals surface area contributed by atoms with Gasteiger partial charge in [-0.05, 0) is 91.7 Å². The molecule has 0 bridgehead atoms. The first kappa shape index (κ1) is 29.2. The summed E-state index contributed by atoms with van der Waals surface area (Å²) in [7, 11) is 0. The molecular weight excluding hydrogens is 633 g/mol. The van der Waals surface area contributed by atoms with Crippen LogP contribution in [0.15, 0.2) is 52.3 Å². The minimum atomic E-state index is -0.310. The van der Waals surface area contributed by atoms with Crippen LogP contribution in [0.2, 0.25) is 0 Å². The second kappa shape index (κ2) is 13.1. The molecule has 0 spiro atoms. The van der Waals surface area contributed by atoms with Crippen molar-refractivity contribution in [3.63, 3.8) is 0 Å². The number of nitrogens with zero attached hydrogens (tertiary/aromatic N) is 6. The Hall–Kier alpha value is -3.32. The van der Waals surface area contributed by atoms with Gasteiger partial charge < -0.3 is 9.88 Å². The molecule has 4 aromatic heterocycles. The minimum absolute atomic E-state index is 0.142. The first-order valence-corrected chi connectivity index (χ1v) is 15.5. The lowest BCUT2D eigenvalue weighted by molar-refractivity contribution is 0.0981. The Morgan fingerprint density at radius 2 is 1.71 bits per heavy atom. The Morgan fingerprint density at radius 1 is 0.951 bits per heavy atom. The fourth-order valence-corrected chi connectivity index (χ4v) is 5.73. The van der Waals surface area contributed by atoms with Gasteiger partial charge in [0.2, 0.25) is 0 Å². The van der Waals surface area contributed by atoms with Crippen LogP contribution >= 0.6 is 22.6 Å². The molecule has 0 saturated carbocycles. The molecule has 5 heterocycles. The molecule has 1 amide bonds. The molecule has 0 radical (unpaired) electrons. The third-order valence-electron chi connectivity index (χ3n) is 7.55. The van der Waals surface area contributed by atoms with Gasteiger partial charge in [0, 0.05) is 49.8 Å². The van der Waals surface area contributed by atoms with Gasteiger partial charge in [0.25, 0.3) is 11.5 Å². The zero-order valence-electron chi connectivity index (χ0n) is 23.6. The van der Waals surface area contributed by atoms with Crippen LogP contribution in [0.3, 0.4) is 0 Å². The van der Waals surface area contributed by atoms with Gasteiger partial charge >= 0.3 is 5.69 Å². The number of rotatable bonds is 10. The number of pyridine rings is 2. The van der Waals surface area contributed by atoms with Crippen LogP contribution in [0.25, 0.3) is 22.3 Å². The number of carbonyl (C=O) groups is 1. The molecular formula is C30H36IN7O3. The summed E-state index contributed by atoms with van der Waals surface area (Å²) in [6.45, 7) is 8.23. The highest BCUT2D eigenvalue weighted by Gasteiger charge is 2.22. The topological polar surface area (TPSA) is 109 Å². The van der Waals surface area contributed by atoms with Gasteiger partial charge in [0.15, 0.2) is 0 Å². The molecule has 1 fully saturated rings. The Balaban J connectivity index is 1.48. The number of fused-ring (bicyclic) bond motifs is 1. The van der Waals surface area contributed by atoms with Gasteiger partial charge in [-0.1, -0.05) is 20.3 Å². The zero-order valence-corrected chi connectivity index (χ0v) is 25.8. The van der Waals surface area contributed by atoms with Crippen molar-refractivity contribution < 1.29 is 4.79 Å². The molecule has 5 rings (SSSR count). The van der Waals surface area contributed by atoms with E-state index in [0.29, 0.717) is 54.2 Å². The van der Waals surface area contributed by atoms with Gasteiger partial charge in [-0.15, -0.1) is 0 Å². The summed E-state index contributed by atoms with van der Waals surface area (Å²) >= 11 is 2.13. The van der Waals surface area contributed by atoms with E-state index in [2.05, 4.69) is 37.5 Å². The Kier molecular flexibility index (Phi) is 9.33. The lowest BCUT2D eigenvalue weighted by atomic mass is 10.1. The van der Waals surface area contributed by atoms with Crippen LogP contribution in [0.4, 0.5) is 5.82 Å². The van der Waals surface area contributed by atoms with Gasteiger partial charge in [-0.25, -0.2) is 14.8 Å². The number of piperidine rings is 1. The number of H-pyrrole nitrogens is 1. The molecule has 0 aromatic carbocycles. The smallest absolute Gasteiger partial charge is 0.331 e. The second-order valence-corrected chi connectivity index (χ2v) is 11.6. The highest BCUT2D eigenvalue weighted by atomic mass is 127. The van der Waals surface area contributed by atoms with E-state index in [1.807, 2.05) is 38.1 Å². The number of amides is 1. The fourth-order valence-electron chi connectivity index (χ4n) is 5.41. The quantitative estimate of drug-likeness (QED) is 0.197. The number of aromatic amines is 1. The molecule has 1 N–H and O–H groups in total. The molecule has 0 unspecified atom stereocenters. The van der Waals surface area contributed by atoms with Crippen molar-refractivity contribution in [1.29, 1.82) is 0 Å². The van der Waals surface area contributed by atoms with Crippen molar-refractivity contribution in [2.45, 2.75) is 59.0 Å². The number of aromatic nitrogens is 5. The fraction of sp³-hybridized carbons (Fsp3) is 0.433. The average Bonchev–Trinajstić information content (AvgIpc) is 3.44. The molecule has 11 heteroatoms. The molecule has 1 saturated heterocycles. The minimum Gasteiger partial charge on any atom is -0.349 e. The summed E-state index contributed by atoms with van der Waals surface area (Å²) in [6, 6.07) is 9.20. The first-order valence-electron chi connectivity index (χ1n) is 14.4. The molecule has 1 aliphatic rings. The predicted molar refractivity (Wildman–Crippen MR) is 170 cm³/mol. The van der Waals surface area contributed by atoms with Crippen molar-refractivity contribution in [2.24, 2.45) is 0 Å². The van der Waals surface area contributed by atoms with Gasteiger partial charge in [-0.2, -0.15) is 0 Å². The van der Waals surface area contributed by atoms with Gasteiger partial charge in [0.05, 0.1) is 11.1 Å². The average molecular weight is 670 g/mol. The monoisotopic (exact) mass is 669 g/mol. The number of halogens is 1. The standard InChI is InChI=1S/C30H36IN7O3/c1-3-12-36-24-18-23(34-27(24)29(40)38(13-4-2)30(36)41)21-9-11-26(33-19-21)37(17-16-35-14-6-5-7-15-35)28(39)22-8-10-25(31)32-20-22/h8-11,18-20,34H,3-7,12-17H2,1-2H3. The third kappa shape index (κ3) is 6.30. The van der Waals surface area contributed by atoms with Crippen LogP contribution in [0.1, 0.15) is 56.3 Å². The van der Waals surface area contributed by atoms with E-state index in [1.54, 1.807) is 27.9 Å². The Bertz CT molecular complexity index is 1620. The molecule has 216 valence electrons. The number of hydrogen-bond donors (Lipinski definition) is 1. The van der Waals surface area contributed by atoms with Gasteiger partial charge in [0.1, 0.15) is 15.0 Å². The number of carbonyl (C=O) groups excluding carboxylic acids is 1. The summed E-state index contributed by atoms with van der Waals surface area (Å²) in [6.07, 6.45) is 8.40. The predicted octanol–water partition coefficient (Wildman–Crippen LogP) is 4.51. The van der Waals surface area contributed by atoms with Crippen molar-refractivity contribution in [2.75, 3.05) is 31.1 Å². The number of hydrogen-bond acceptors (Lipinski definition) is 6. The maximum absolute atomic E-state index is 13.6. The van der Waals surface area contributed by atoms with Gasteiger partial charge in [-0.3, -0.25) is 23.6 Å². The first-order chi connectivity index (χ1) is 19.9. The van der Waals surface area contributed by atoms with Crippen LogP contribution in [0.5, 0.6) is 0 Å². The molecule has 10 nitrogen and oxygen atoms in total. The summed E-state index contributed by atoms with van der Waals surface area (Å²) in [4.78, 5) is 56.2. The largest absolute Gasteiger partial charge is 0.349 e. The lowest BCUT2D eigenvalue weighted by Crippen LogP contribution is -2.41. The maximum Gasteiger partial charge on any atom is 0.331 e. The summed E-state index contributed by atoms with van der Waals surface area (Å²) in [5.41, 5.74) is 2.40. The summed E-state index contributed by atoms with van der Waals surface area (Å²) in [5.74, 6) is 0.412. The second-order valence-electron chi connectivity index (χ2n) is 10.5. The summed E-state index contributed by atoms with van der Waals surface area (Å²) in [5, 5.41) is 0. The third-order valence-corrected chi connectivity index (χ3v) is 8.18. The molecule has 1 aliphatic heterocycles. The lowest BCUT2D eigenvalue weighted by Gasteiger charge is -2.29. The van der Waals surface area contributed by atoms with Crippen molar-refractivity contribution in [3.8, 4) is 11.3 Å². The van der Waals surface area contributed by atoms with E-state index < -0.39 is 0 Å². The van der Waals surface area contributed by atoms with E-state index in [-0.39, 0.29) is 17.2 Å². The molecule has 41 heavy (non-hydrogen) atoms. The van der Waals surface area contributed by atoms with Crippen LogP contribution in [0, 0.1) is 3.70 Å². The van der Waals surface area contributed by atoms with E-state index in [4.69, 9.17) is 4.98 Å². The van der Waals surface area contributed by atoms with Crippen molar-refractivity contribution >= 4 is 45.3 Å². The SMILES string of the molecule is CCCn1c(=O)c2[nH]c(-c3ccc(N(CCN4CCCCC4)C(=O)c4ccc(I)nc4)nc3)cc2n(CCC)c1=O. The Labute approximate surface area is 252 Å². The number of aryl methyl sites for hydroxylation is 1. The number of nitrogens with one attached hydrogen (secondary N) is 1. The zero-order chi connectivity index (χ0) is 28.9. The maximum atomic E-state index is 13.6. The van der Waals surface area contributed by atoms with Crippen LogP contribution < -0.4 is 16.1 Å². The number of anilines is 1. The van der Waals surface area contributed by atoms with E-state index in [9.17, 15) is 14.4 Å². The highest BCUT2D eigenvalue weighted by molar-refractivity contribution is 14.1. The molecule has 0 atom stereocenters. The van der Waals surface area contributed by atoms with E-state index in [0.717, 1.165) is 35.3 Å². The van der Waals surface area contributed by atoms with Crippen LogP contribution in [-0.2, 0) is 13.1 Å². The van der Waals surface area contributed by atoms with Crippen molar-refractivity contribution in [1.82, 2.24) is 29.0 Å². The normalized spacial score (nSPS) is 14.0. The Morgan fingerprint density at radius 3 is 2.37 bits per heavy atom. The molecule has 0 aliphatic carbocycles. The highest BCUT2D eigenvalue weighted by Crippen LogP contribution is 2.24. The summed E-state index contributed by atoms with van der Waals surface area (Å²) < 4.78 is 3.81. The van der Waals surface area contributed by atoms with E-state index in [1.165, 1.54) is 23.8 Å². The number of likely N-dealkylation sites (tertiary alicyclic amines) is 1. The molecule has 4 aromatic rings. The van der Waals surface area contributed by atoms with Crippen molar-refractivity contribution in [3.05, 3.63) is 72.8 Å². The van der Waals surface area contributed by atoms with E-state index >= 15 is 0 Å².